The minimum Gasteiger partial charge on any atom is -0.484 e. The normalized spacial score (nSPS) is 13.2. The van der Waals surface area contributed by atoms with E-state index in [-0.39, 0.29) is 12.5 Å². The van der Waals surface area contributed by atoms with Gasteiger partial charge in [0.15, 0.2) is 12.4 Å². The monoisotopic (exact) mass is 373 g/mol. The van der Waals surface area contributed by atoms with Crippen molar-refractivity contribution >= 4 is 17.4 Å². The molecule has 0 radical (unpaired) electrons. The van der Waals surface area contributed by atoms with Crippen LogP contribution in [0.5, 0.6) is 5.75 Å². The number of amides is 1. The number of aryl methyl sites for hydroxylation is 1. The van der Waals surface area contributed by atoms with Gasteiger partial charge in [0, 0.05) is 25.8 Å². The molecule has 0 aliphatic carbocycles. The highest BCUT2D eigenvalue weighted by molar-refractivity contribution is 5.98. The Bertz CT molecular complexity index is 942. The third-order valence-electron chi connectivity index (χ3n) is 4.85. The van der Waals surface area contributed by atoms with Crippen LogP contribution in [0.15, 0.2) is 72.9 Å². The van der Waals surface area contributed by atoms with Crippen molar-refractivity contribution in [2.24, 2.45) is 0 Å². The van der Waals surface area contributed by atoms with Crippen LogP contribution in [-0.2, 0) is 11.3 Å². The molecule has 0 spiro atoms. The molecule has 0 atom stereocenters. The summed E-state index contributed by atoms with van der Waals surface area (Å²) in [6, 6.07) is 21.7. The number of carbonyl (C=O) groups excluding carboxylic acids is 1. The molecule has 142 valence electrons. The van der Waals surface area contributed by atoms with Crippen LogP contribution < -0.4 is 14.5 Å². The first-order chi connectivity index (χ1) is 13.7. The van der Waals surface area contributed by atoms with Gasteiger partial charge in [-0.25, -0.2) is 4.98 Å². The van der Waals surface area contributed by atoms with Crippen LogP contribution in [0.3, 0.4) is 0 Å². The first-order valence-corrected chi connectivity index (χ1v) is 9.44. The maximum atomic E-state index is 12.8. The maximum absolute atomic E-state index is 12.8. The predicted octanol–water partition coefficient (Wildman–Crippen LogP) is 3.82. The van der Waals surface area contributed by atoms with Gasteiger partial charge in [-0.2, -0.15) is 0 Å². The summed E-state index contributed by atoms with van der Waals surface area (Å²) in [7, 11) is 0. The summed E-state index contributed by atoms with van der Waals surface area (Å²) in [6.45, 7) is 4.21. The number of pyridine rings is 1. The van der Waals surface area contributed by atoms with Crippen LogP contribution in [0.4, 0.5) is 11.5 Å². The summed E-state index contributed by atoms with van der Waals surface area (Å²) in [6.07, 6.45) is 1.77. The van der Waals surface area contributed by atoms with E-state index >= 15 is 0 Å². The zero-order valence-electron chi connectivity index (χ0n) is 15.9. The summed E-state index contributed by atoms with van der Waals surface area (Å²) in [5, 5.41) is 0. The highest BCUT2D eigenvalue weighted by atomic mass is 16.5. The van der Waals surface area contributed by atoms with E-state index in [1.165, 1.54) is 11.1 Å². The molecule has 1 aromatic heterocycles. The molecule has 5 nitrogen and oxygen atoms in total. The zero-order valence-corrected chi connectivity index (χ0v) is 15.9. The predicted molar refractivity (Wildman–Crippen MR) is 111 cm³/mol. The number of anilines is 2. The average molecular weight is 373 g/mol. The number of carbonyl (C=O) groups is 1. The number of hydrogen-bond acceptors (Lipinski definition) is 4. The van der Waals surface area contributed by atoms with Gasteiger partial charge in [-0.05, 0) is 36.8 Å². The number of fused-ring (bicyclic) bond motifs is 1. The lowest BCUT2D eigenvalue weighted by Gasteiger charge is -2.36. The van der Waals surface area contributed by atoms with Crippen LogP contribution in [0.2, 0.25) is 0 Å². The molecule has 0 unspecified atom stereocenters. The highest BCUT2D eigenvalue weighted by Crippen LogP contribution is 2.31. The Labute approximate surface area is 165 Å². The van der Waals surface area contributed by atoms with Gasteiger partial charge in [0.1, 0.15) is 5.75 Å². The van der Waals surface area contributed by atoms with Crippen molar-refractivity contribution in [3.8, 4) is 5.75 Å². The van der Waals surface area contributed by atoms with Gasteiger partial charge in [0.25, 0.3) is 5.91 Å². The summed E-state index contributed by atoms with van der Waals surface area (Å²) < 4.78 is 5.64. The van der Waals surface area contributed by atoms with Gasteiger partial charge in [-0.15, -0.1) is 0 Å². The van der Waals surface area contributed by atoms with Crippen molar-refractivity contribution in [2.75, 3.05) is 29.5 Å². The molecule has 4 rings (SSSR count). The molecule has 0 saturated heterocycles. The van der Waals surface area contributed by atoms with Crippen LogP contribution >= 0.6 is 0 Å². The Morgan fingerprint density at radius 3 is 2.57 bits per heavy atom. The molecule has 28 heavy (non-hydrogen) atoms. The van der Waals surface area contributed by atoms with E-state index in [1.54, 1.807) is 11.1 Å². The Balaban J connectivity index is 1.49. The standard InChI is InChI=1S/C23H23N3O2/c1-18-9-11-19(12-10-18)16-25-14-15-26(21-8-5-13-24-23(21)25)22(27)17-28-20-6-3-2-4-7-20/h2-13H,14-17H2,1H3. The number of hydrogen-bond donors (Lipinski definition) is 0. The van der Waals surface area contributed by atoms with E-state index in [4.69, 9.17) is 4.74 Å². The summed E-state index contributed by atoms with van der Waals surface area (Å²) in [5.41, 5.74) is 3.31. The second kappa shape index (κ2) is 8.13. The van der Waals surface area contributed by atoms with Gasteiger partial charge in [-0.3, -0.25) is 4.79 Å². The Hall–Kier alpha value is -3.34. The first kappa shape index (κ1) is 18.0. The summed E-state index contributed by atoms with van der Waals surface area (Å²) in [5.74, 6) is 1.47. The molecule has 0 N–H and O–H groups in total. The zero-order chi connectivity index (χ0) is 19.3. The molecule has 3 aromatic rings. The van der Waals surface area contributed by atoms with E-state index in [9.17, 15) is 4.79 Å². The van der Waals surface area contributed by atoms with Crippen molar-refractivity contribution < 1.29 is 9.53 Å². The van der Waals surface area contributed by atoms with Gasteiger partial charge in [0.05, 0.1) is 5.69 Å². The molecular weight excluding hydrogens is 350 g/mol. The molecule has 1 aliphatic rings. The van der Waals surface area contributed by atoms with Crippen molar-refractivity contribution in [2.45, 2.75) is 13.5 Å². The lowest BCUT2D eigenvalue weighted by molar-refractivity contribution is -0.120. The molecule has 2 heterocycles. The van der Waals surface area contributed by atoms with E-state index in [2.05, 4.69) is 41.1 Å². The SMILES string of the molecule is Cc1ccc(CN2CCN(C(=O)COc3ccccc3)c3cccnc32)cc1. The van der Waals surface area contributed by atoms with Gasteiger partial charge < -0.3 is 14.5 Å². The minimum absolute atomic E-state index is 0.0102. The lowest BCUT2D eigenvalue weighted by Crippen LogP contribution is -2.46. The van der Waals surface area contributed by atoms with Crippen molar-refractivity contribution in [1.29, 1.82) is 0 Å². The first-order valence-electron chi connectivity index (χ1n) is 9.44. The van der Waals surface area contributed by atoms with Crippen LogP contribution in [-0.4, -0.2) is 30.6 Å². The van der Waals surface area contributed by atoms with Gasteiger partial charge in [-0.1, -0.05) is 48.0 Å². The fraction of sp³-hybridized carbons (Fsp3) is 0.217. The fourth-order valence-electron chi connectivity index (χ4n) is 3.36. The number of nitrogens with zero attached hydrogens (tertiary/aromatic N) is 3. The second-order valence-corrected chi connectivity index (χ2v) is 6.90. The number of ether oxygens (including phenoxy) is 1. The van der Waals surface area contributed by atoms with E-state index in [0.717, 1.165) is 24.6 Å². The van der Waals surface area contributed by atoms with E-state index in [0.29, 0.717) is 12.3 Å². The average Bonchev–Trinajstić information content (AvgIpc) is 2.74. The highest BCUT2D eigenvalue weighted by Gasteiger charge is 2.28. The minimum atomic E-state index is -0.0620. The van der Waals surface area contributed by atoms with Crippen LogP contribution in [0, 0.1) is 6.92 Å². The molecule has 0 saturated carbocycles. The maximum Gasteiger partial charge on any atom is 0.265 e. The molecule has 0 fully saturated rings. The van der Waals surface area contributed by atoms with E-state index in [1.807, 2.05) is 42.5 Å². The largest absolute Gasteiger partial charge is 0.484 e. The molecule has 1 amide bonds. The van der Waals surface area contributed by atoms with Crippen molar-refractivity contribution in [3.63, 3.8) is 0 Å². The number of para-hydroxylation sites is 1. The topological polar surface area (TPSA) is 45.7 Å². The molecule has 0 bridgehead atoms. The second-order valence-electron chi connectivity index (χ2n) is 6.90. The Morgan fingerprint density at radius 2 is 1.79 bits per heavy atom. The Morgan fingerprint density at radius 1 is 1.00 bits per heavy atom. The van der Waals surface area contributed by atoms with Crippen LogP contribution in [0.25, 0.3) is 0 Å². The van der Waals surface area contributed by atoms with Gasteiger partial charge in [0.2, 0.25) is 0 Å². The lowest BCUT2D eigenvalue weighted by atomic mass is 10.1. The summed E-state index contributed by atoms with van der Waals surface area (Å²) >= 11 is 0. The quantitative estimate of drug-likeness (QED) is 0.682. The third-order valence-corrected chi connectivity index (χ3v) is 4.85. The van der Waals surface area contributed by atoms with E-state index < -0.39 is 0 Å². The molecule has 5 heteroatoms. The number of aromatic nitrogens is 1. The van der Waals surface area contributed by atoms with Gasteiger partial charge >= 0.3 is 0 Å². The molecule has 2 aromatic carbocycles. The Kier molecular flexibility index (Phi) is 5.24. The molecular formula is C23H23N3O2. The van der Waals surface area contributed by atoms with Crippen molar-refractivity contribution in [1.82, 2.24) is 4.98 Å². The number of rotatable bonds is 5. The number of benzene rings is 2. The van der Waals surface area contributed by atoms with Crippen molar-refractivity contribution in [3.05, 3.63) is 84.1 Å². The molecule has 1 aliphatic heterocycles. The summed E-state index contributed by atoms with van der Waals surface area (Å²) in [4.78, 5) is 21.3. The fourth-order valence-corrected chi connectivity index (χ4v) is 3.36. The smallest absolute Gasteiger partial charge is 0.265 e. The third kappa shape index (κ3) is 3.98. The van der Waals surface area contributed by atoms with Crippen LogP contribution in [0.1, 0.15) is 11.1 Å².